The van der Waals surface area contributed by atoms with Crippen LogP contribution in [-0.4, -0.2) is 49.2 Å². The highest BCUT2D eigenvalue weighted by atomic mass is 35.5. The fraction of sp³-hybridized carbons (Fsp3) is 0.320. The minimum absolute atomic E-state index is 0.0927. The van der Waals surface area contributed by atoms with E-state index in [1.165, 1.54) is 15.8 Å². The number of pyridine rings is 1. The monoisotopic (exact) mass is 467 g/mol. The Hall–Kier alpha value is -2.54. The number of unbranched alkanes of at least 4 members (excludes halogenated alkanes) is 1. The first-order valence-electron chi connectivity index (χ1n) is 11.1. The number of aromatic amines is 1. The molecule has 1 aliphatic rings. The number of rotatable bonds is 7. The minimum Gasteiger partial charge on any atom is -0.494 e. The zero-order chi connectivity index (χ0) is 21.9. The summed E-state index contributed by atoms with van der Waals surface area (Å²) in [6.45, 7) is 5.95. The second kappa shape index (κ2) is 9.53. The SMILES string of the molecule is O=c1ccc2ccc(OCCCCN3CCN(c4cccc5scc(Cl)c45)CC3)cc2[nH]1. The Morgan fingerprint density at radius 1 is 1.03 bits per heavy atom. The first-order chi connectivity index (χ1) is 15.7. The predicted molar refractivity (Wildman–Crippen MR) is 135 cm³/mol. The summed E-state index contributed by atoms with van der Waals surface area (Å²) >= 11 is 8.16. The molecule has 0 amide bonds. The molecule has 7 heteroatoms. The molecular weight excluding hydrogens is 442 g/mol. The van der Waals surface area contributed by atoms with E-state index in [0.29, 0.717) is 6.61 Å². The van der Waals surface area contributed by atoms with Crippen molar-refractivity contribution >= 4 is 49.6 Å². The number of fused-ring (bicyclic) bond motifs is 2. The van der Waals surface area contributed by atoms with Gasteiger partial charge in [-0.3, -0.25) is 9.69 Å². The lowest BCUT2D eigenvalue weighted by molar-refractivity contribution is 0.239. The van der Waals surface area contributed by atoms with Crippen LogP contribution in [0.1, 0.15) is 12.8 Å². The molecule has 166 valence electrons. The number of hydrogen-bond acceptors (Lipinski definition) is 5. The van der Waals surface area contributed by atoms with Crippen LogP contribution in [0.2, 0.25) is 5.02 Å². The lowest BCUT2D eigenvalue weighted by Crippen LogP contribution is -2.46. The molecule has 0 bridgehead atoms. The van der Waals surface area contributed by atoms with E-state index in [1.807, 2.05) is 29.6 Å². The van der Waals surface area contributed by atoms with Crippen LogP contribution >= 0.6 is 22.9 Å². The van der Waals surface area contributed by atoms with Crippen LogP contribution in [0.5, 0.6) is 5.75 Å². The van der Waals surface area contributed by atoms with E-state index in [0.717, 1.165) is 67.2 Å². The van der Waals surface area contributed by atoms with Gasteiger partial charge < -0.3 is 14.6 Å². The van der Waals surface area contributed by atoms with Gasteiger partial charge in [0.25, 0.3) is 0 Å². The number of thiophene rings is 1. The quantitative estimate of drug-likeness (QED) is 0.371. The molecule has 32 heavy (non-hydrogen) atoms. The van der Waals surface area contributed by atoms with Gasteiger partial charge in [0.15, 0.2) is 0 Å². The summed E-state index contributed by atoms with van der Waals surface area (Å²) in [7, 11) is 0. The van der Waals surface area contributed by atoms with E-state index in [1.54, 1.807) is 17.4 Å². The Balaban J connectivity index is 1.07. The van der Waals surface area contributed by atoms with Gasteiger partial charge in [0, 0.05) is 59.5 Å². The zero-order valence-electron chi connectivity index (χ0n) is 17.9. The van der Waals surface area contributed by atoms with Crippen molar-refractivity contribution in [2.24, 2.45) is 0 Å². The number of piperazine rings is 1. The predicted octanol–water partition coefficient (Wildman–Crippen LogP) is 5.38. The molecule has 5 nitrogen and oxygen atoms in total. The third kappa shape index (κ3) is 4.63. The Morgan fingerprint density at radius 2 is 1.88 bits per heavy atom. The fourth-order valence-electron chi connectivity index (χ4n) is 4.35. The van der Waals surface area contributed by atoms with Crippen LogP contribution in [0.3, 0.4) is 0 Å². The van der Waals surface area contributed by atoms with Crippen molar-refractivity contribution < 1.29 is 4.74 Å². The molecular formula is C25H26ClN3O2S. The average Bonchev–Trinajstić information content (AvgIpc) is 3.20. The topological polar surface area (TPSA) is 48.6 Å². The van der Waals surface area contributed by atoms with Gasteiger partial charge in [-0.15, -0.1) is 11.3 Å². The van der Waals surface area contributed by atoms with Gasteiger partial charge in [0.1, 0.15) is 5.75 Å². The normalized spacial score (nSPS) is 15.0. The summed E-state index contributed by atoms with van der Waals surface area (Å²) in [6, 6.07) is 15.7. The minimum atomic E-state index is -0.0927. The smallest absolute Gasteiger partial charge is 0.248 e. The van der Waals surface area contributed by atoms with E-state index in [4.69, 9.17) is 16.3 Å². The Labute approximate surface area is 196 Å². The van der Waals surface area contributed by atoms with Crippen LogP contribution < -0.4 is 15.2 Å². The van der Waals surface area contributed by atoms with Crippen molar-refractivity contribution in [3.05, 3.63) is 69.3 Å². The molecule has 5 rings (SSSR count). The Morgan fingerprint density at radius 3 is 2.75 bits per heavy atom. The lowest BCUT2D eigenvalue weighted by atomic mass is 10.1. The molecule has 1 fully saturated rings. The summed E-state index contributed by atoms with van der Waals surface area (Å²) in [5.41, 5.74) is 1.98. The number of anilines is 1. The fourth-order valence-corrected chi connectivity index (χ4v) is 5.58. The van der Waals surface area contributed by atoms with Crippen molar-refractivity contribution in [1.29, 1.82) is 0 Å². The molecule has 1 N–H and O–H groups in total. The van der Waals surface area contributed by atoms with Gasteiger partial charge in [-0.25, -0.2) is 0 Å². The van der Waals surface area contributed by atoms with Gasteiger partial charge in [-0.05, 0) is 55.1 Å². The number of nitrogens with zero attached hydrogens (tertiary/aromatic N) is 2. The third-order valence-electron chi connectivity index (χ3n) is 6.08. The molecule has 3 heterocycles. The van der Waals surface area contributed by atoms with Crippen LogP contribution in [0.4, 0.5) is 5.69 Å². The maximum absolute atomic E-state index is 11.5. The average molecular weight is 468 g/mol. The van der Waals surface area contributed by atoms with Crippen molar-refractivity contribution in [3.63, 3.8) is 0 Å². The van der Waals surface area contributed by atoms with Crippen LogP contribution in [0.15, 0.2) is 58.7 Å². The van der Waals surface area contributed by atoms with Crippen LogP contribution in [-0.2, 0) is 0 Å². The molecule has 0 saturated carbocycles. The lowest BCUT2D eigenvalue weighted by Gasteiger charge is -2.36. The largest absolute Gasteiger partial charge is 0.494 e. The number of hydrogen-bond donors (Lipinski definition) is 1. The molecule has 0 aliphatic carbocycles. The van der Waals surface area contributed by atoms with Crippen LogP contribution in [0, 0.1) is 0 Å². The molecule has 1 aliphatic heterocycles. The number of nitrogens with one attached hydrogen (secondary N) is 1. The number of H-pyrrole nitrogens is 1. The van der Waals surface area contributed by atoms with Crippen molar-refractivity contribution in [1.82, 2.24) is 9.88 Å². The molecule has 0 unspecified atom stereocenters. The number of benzene rings is 2. The van der Waals surface area contributed by atoms with E-state index in [9.17, 15) is 4.79 Å². The molecule has 0 atom stereocenters. The summed E-state index contributed by atoms with van der Waals surface area (Å²) in [5, 5.41) is 5.10. The first-order valence-corrected chi connectivity index (χ1v) is 12.3. The van der Waals surface area contributed by atoms with Gasteiger partial charge in [0.05, 0.1) is 17.1 Å². The Bertz CT molecular complexity index is 1280. The van der Waals surface area contributed by atoms with Gasteiger partial charge in [-0.1, -0.05) is 17.7 Å². The van der Waals surface area contributed by atoms with Gasteiger partial charge >= 0.3 is 0 Å². The highest BCUT2D eigenvalue weighted by Crippen LogP contribution is 2.37. The Kier molecular flexibility index (Phi) is 6.35. The second-order valence-electron chi connectivity index (χ2n) is 8.19. The van der Waals surface area contributed by atoms with Crippen molar-refractivity contribution in [2.45, 2.75) is 12.8 Å². The molecule has 0 radical (unpaired) electrons. The molecule has 1 saturated heterocycles. The maximum atomic E-state index is 11.5. The first kappa shape index (κ1) is 21.3. The van der Waals surface area contributed by atoms with E-state index >= 15 is 0 Å². The van der Waals surface area contributed by atoms with E-state index in [2.05, 4.69) is 33.0 Å². The van der Waals surface area contributed by atoms with Gasteiger partial charge in [-0.2, -0.15) is 0 Å². The summed E-state index contributed by atoms with van der Waals surface area (Å²) < 4.78 is 7.16. The molecule has 2 aromatic carbocycles. The third-order valence-corrected chi connectivity index (χ3v) is 7.45. The standard InChI is InChI=1S/C25H26ClN3O2S/c26-20-17-32-23-5-3-4-22(25(20)23)29-13-11-28(12-14-29)10-1-2-15-31-19-8-6-18-7-9-24(30)27-21(18)16-19/h3-9,16-17H,1-2,10-15H2,(H,27,30). The molecule has 0 spiro atoms. The highest BCUT2D eigenvalue weighted by molar-refractivity contribution is 7.18. The highest BCUT2D eigenvalue weighted by Gasteiger charge is 2.19. The maximum Gasteiger partial charge on any atom is 0.248 e. The van der Waals surface area contributed by atoms with Crippen LogP contribution in [0.25, 0.3) is 21.0 Å². The number of halogens is 1. The number of aromatic nitrogens is 1. The zero-order valence-corrected chi connectivity index (χ0v) is 19.4. The van der Waals surface area contributed by atoms with E-state index in [-0.39, 0.29) is 5.56 Å². The number of ether oxygens (including phenoxy) is 1. The van der Waals surface area contributed by atoms with Crippen molar-refractivity contribution in [3.8, 4) is 5.75 Å². The summed E-state index contributed by atoms with van der Waals surface area (Å²) in [6.07, 6.45) is 2.11. The van der Waals surface area contributed by atoms with Gasteiger partial charge in [0.2, 0.25) is 5.56 Å². The molecule has 2 aromatic heterocycles. The second-order valence-corrected chi connectivity index (χ2v) is 9.51. The summed E-state index contributed by atoms with van der Waals surface area (Å²) in [5.74, 6) is 0.800. The van der Waals surface area contributed by atoms with E-state index < -0.39 is 0 Å². The summed E-state index contributed by atoms with van der Waals surface area (Å²) in [4.78, 5) is 19.3. The molecule has 4 aromatic rings. The van der Waals surface area contributed by atoms with Crippen molar-refractivity contribution in [2.75, 3.05) is 44.2 Å².